The van der Waals surface area contributed by atoms with Crippen molar-refractivity contribution in [3.05, 3.63) is 12.4 Å². The Morgan fingerprint density at radius 3 is 2.86 bits per heavy atom. The van der Waals surface area contributed by atoms with Crippen LogP contribution >= 0.6 is 0 Å². The summed E-state index contributed by atoms with van der Waals surface area (Å²) in [5, 5.41) is 7.58. The maximum atomic E-state index is 12.1. The van der Waals surface area contributed by atoms with Crippen LogP contribution in [0.25, 0.3) is 0 Å². The highest BCUT2D eigenvalue weighted by Gasteiger charge is 2.33. The van der Waals surface area contributed by atoms with E-state index >= 15 is 0 Å². The molecule has 1 heterocycles. The van der Waals surface area contributed by atoms with E-state index in [1.54, 1.807) is 10.9 Å². The number of nitrogens with zero attached hydrogens (tertiary/aromatic N) is 2. The summed E-state index contributed by atoms with van der Waals surface area (Å²) >= 11 is 0. The molecule has 0 aromatic carbocycles. The van der Waals surface area contributed by atoms with Crippen molar-refractivity contribution in [3.8, 4) is 0 Å². The molecule has 2 aliphatic rings. The summed E-state index contributed by atoms with van der Waals surface area (Å²) in [5.41, 5.74) is 0. The minimum atomic E-state index is -3.40. The Kier molecular flexibility index (Phi) is 4.33. The zero-order valence-corrected chi connectivity index (χ0v) is 13.3. The zero-order valence-electron chi connectivity index (χ0n) is 12.5. The summed E-state index contributed by atoms with van der Waals surface area (Å²) < 4.78 is 28.7. The number of hydrogen-bond donors (Lipinski definition) is 2. The van der Waals surface area contributed by atoms with Crippen LogP contribution in [0.2, 0.25) is 0 Å². The average Bonchev–Trinajstić information content (AvgIpc) is 3.34. The van der Waals surface area contributed by atoms with Crippen molar-refractivity contribution in [2.24, 2.45) is 11.8 Å². The van der Waals surface area contributed by atoms with E-state index in [-0.39, 0.29) is 4.90 Å². The molecule has 0 radical (unpaired) electrons. The van der Waals surface area contributed by atoms with Crippen molar-refractivity contribution in [1.82, 2.24) is 19.8 Å². The van der Waals surface area contributed by atoms with E-state index in [2.05, 4.69) is 22.1 Å². The van der Waals surface area contributed by atoms with Gasteiger partial charge in [0.1, 0.15) is 4.90 Å². The van der Waals surface area contributed by atoms with Crippen LogP contribution in [0.3, 0.4) is 0 Å². The molecule has 0 spiro atoms. The van der Waals surface area contributed by atoms with Crippen LogP contribution in [-0.2, 0) is 16.6 Å². The summed E-state index contributed by atoms with van der Waals surface area (Å²) in [6.45, 7) is 4.39. The second-order valence-corrected chi connectivity index (χ2v) is 8.11. The first-order valence-electron chi connectivity index (χ1n) is 7.80. The lowest BCUT2D eigenvalue weighted by Crippen LogP contribution is -2.26. The van der Waals surface area contributed by atoms with Crippen LogP contribution in [0.5, 0.6) is 0 Å². The van der Waals surface area contributed by atoms with Gasteiger partial charge >= 0.3 is 0 Å². The topological polar surface area (TPSA) is 76.0 Å². The third kappa shape index (κ3) is 4.28. The Balaban J connectivity index is 1.45. The minimum absolute atomic E-state index is 0.269. The van der Waals surface area contributed by atoms with E-state index in [9.17, 15) is 8.42 Å². The quantitative estimate of drug-likeness (QED) is 0.666. The maximum absolute atomic E-state index is 12.1. The molecule has 0 amide bonds. The predicted octanol–water partition coefficient (Wildman–Crippen LogP) is 0.960. The molecule has 3 rings (SSSR count). The van der Waals surface area contributed by atoms with E-state index in [0.717, 1.165) is 25.9 Å². The molecular weight excluding hydrogens is 288 g/mol. The fourth-order valence-electron chi connectivity index (χ4n) is 2.42. The number of nitrogens with one attached hydrogen (secondary N) is 2. The first kappa shape index (κ1) is 15.0. The molecule has 7 heteroatoms. The first-order valence-corrected chi connectivity index (χ1v) is 9.28. The van der Waals surface area contributed by atoms with E-state index in [1.807, 2.05) is 0 Å². The number of aromatic nitrogens is 2. The van der Waals surface area contributed by atoms with Crippen molar-refractivity contribution in [2.75, 3.05) is 13.1 Å². The summed E-state index contributed by atoms with van der Waals surface area (Å²) in [7, 11) is -3.40. The molecule has 0 saturated heterocycles. The van der Waals surface area contributed by atoms with Gasteiger partial charge in [0.05, 0.1) is 6.20 Å². The van der Waals surface area contributed by atoms with Crippen molar-refractivity contribution in [3.63, 3.8) is 0 Å². The van der Waals surface area contributed by atoms with Crippen molar-refractivity contribution in [1.29, 1.82) is 0 Å². The summed E-state index contributed by atoms with van der Waals surface area (Å²) in [5.74, 6) is 1.15. The highest BCUT2D eigenvalue weighted by Crippen LogP contribution is 2.37. The monoisotopic (exact) mass is 312 g/mol. The van der Waals surface area contributed by atoms with Crippen LogP contribution in [0.4, 0.5) is 0 Å². The Labute approximate surface area is 126 Å². The highest BCUT2D eigenvalue weighted by molar-refractivity contribution is 7.89. The van der Waals surface area contributed by atoms with Crippen LogP contribution in [0.1, 0.15) is 32.6 Å². The summed E-state index contributed by atoms with van der Waals surface area (Å²) in [4.78, 5) is 0.269. The van der Waals surface area contributed by atoms with Gasteiger partial charge in [-0.05, 0) is 44.1 Å². The molecule has 118 valence electrons. The van der Waals surface area contributed by atoms with E-state index in [1.165, 1.54) is 19.0 Å². The van der Waals surface area contributed by atoms with Gasteiger partial charge in [-0.15, -0.1) is 0 Å². The third-order valence-corrected chi connectivity index (χ3v) is 5.68. The largest absolute Gasteiger partial charge is 0.314 e. The molecule has 21 heavy (non-hydrogen) atoms. The molecule has 2 fully saturated rings. The number of sulfonamides is 1. The molecule has 6 nitrogen and oxygen atoms in total. The second-order valence-electron chi connectivity index (χ2n) is 6.35. The minimum Gasteiger partial charge on any atom is -0.314 e. The smallest absolute Gasteiger partial charge is 0.243 e. The van der Waals surface area contributed by atoms with E-state index in [0.29, 0.717) is 24.4 Å². The van der Waals surface area contributed by atoms with Gasteiger partial charge in [0, 0.05) is 25.3 Å². The van der Waals surface area contributed by atoms with Crippen molar-refractivity contribution < 1.29 is 8.42 Å². The fourth-order valence-corrected chi connectivity index (χ4v) is 3.47. The lowest BCUT2D eigenvalue weighted by Gasteiger charge is -2.04. The van der Waals surface area contributed by atoms with Crippen LogP contribution in [0.15, 0.2) is 17.3 Å². The number of rotatable bonds is 9. The standard InChI is InChI=1S/C14H24N4O2S/c1-11-7-12(11)8-17-21(19,20)14-9-16-18(10-14)6-2-5-15-13-3-4-13/h9-13,15,17H,2-8H2,1H3. The Bertz CT molecular complexity index is 580. The molecule has 0 bridgehead atoms. The molecular formula is C14H24N4O2S. The lowest BCUT2D eigenvalue weighted by molar-refractivity contribution is 0.541. The van der Waals surface area contributed by atoms with Crippen LogP contribution in [0, 0.1) is 11.8 Å². The maximum Gasteiger partial charge on any atom is 0.243 e. The van der Waals surface area contributed by atoms with Gasteiger partial charge in [-0.25, -0.2) is 13.1 Å². The van der Waals surface area contributed by atoms with E-state index in [4.69, 9.17) is 0 Å². The van der Waals surface area contributed by atoms with Gasteiger partial charge in [0.25, 0.3) is 0 Å². The molecule has 2 unspecified atom stereocenters. The van der Waals surface area contributed by atoms with Gasteiger partial charge in [0.2, 0.25) is 10.0 Å². The second kappa shape index (κ2) is 6.06. The zero-order chi connectivity index (χ0) is 14.9. The third-order valence-electron chi connectivity index (χ3n) is 4.31. The van der Waals surface area contributed by atoms with Crippen molar-refractivity contribution >= 4 is 10.0 Å². The van der Waals surface area contributed by atoms with Crippen LogP contribution in [-0.4, -0.2) is 37.3 Å². The molecule has 1 aromatic heterocycles. The Morgan fingerprint density at radius 1 is 1.43 bits per heavy atom. The molecule has 2 saturated carbocycles. The normalized spacial score (nSPS) is 25.2. The fraction of sp³-hybridized carbons (Fsp3) is 0.786. The van der Waals surface area contributed by atoms with Gasteiger partial charge in [-0.1, -0.05) is 6.92 Å². The average molecular weight is 312 g/mol. The molecule has 1 aromatic rings. The molecule has 2 N–H and O–H groups in total. The highest BCUT2D eigenvalue weighted by atomic mass is 32.2. The number of aryl methyl sites for hydroxylation is 1. The molecule has 2 aliphatic carbocycles. The Hall–Kier alpha value is -0.920. The Morgan fingerprint density at radius 2 is 2.19 bits per heavy atom. The summed E-state index contributed by atoms with van der Waals surface area (Å²) in [6.07, 6.45) is 7.72. The SMILES string of the molecule is CC1CC1CNS(=O)(=O)c1cnn(CCCNC2CC2)c1. The predicted molar refractivity (Wildman–Crippen MR) is 80.3 cm³/mol. The molecule has 0 aliphatic heterocycles. The first-order chi connectivity index (χ1) is 10.0. The van der Waals surface area contributed by atoms with E-state index < -0.39 is 10.0 Å². The van der Waals surface area contributed by atoms with Crippen molar-refractivity contribution in [2.45, 2.75) is 50.1 Å². The van der Waals surface area contributed by atoms with Gasteiger partial charge < -0.3 is 5.32 Å². The molecule has 2 atom stereocenters. The lowest BCUT2D eigenvalue weighted by atomic mass is 10.3. The van der Waals surface area contributed by atoms with Gasteiger partial charge in [0.15, 0.2) is 0 Å². The summed E-state index contributed by atoms with van der Waals surface area (Å²) in [6, 6.07) is 0.715. The number of hydrogen-bond acceptors (Lipinski definition) is 4. The van der Waals surface area contributed by atoms with Crippen LogP contribution < -0.4 is 10.0 Å². The van der Waals surface area contributed by atoms with Gasteiger partial charge in [-0.3, -0.25) is 4.68 Å². The van der Waals surface area contributed by atoms with Gasteiger partial charge in [-0.2, -0.15) is 5.10 Å².